The third-order valence-electron chi connectivity index (χ3n) is 4.02. The molecule has 0 fully saturated rings. The summed E-state index contributed by atoms with van der Waals surface area (Å²) >= 11 is 7.75. The third-order valence-corrected chi connectivity index (χ3v) is 5.23. The molecule has 2 heterocycles. The van der Waals surface area contributed by atoms with Crippen molar-refractivity contribution >= 4 is 44.2 Å². The van der Waals surface area contributed by atoms with E-state index in [1.54, 1.807) is 6.07 Å². The van der Waals surface area contributed by atoms with Gasteiger partial charge in [0.1, 0.15) is 0 Å². The number of thiazole rings is 1. The van der Waals surface area contributed by atoms with E-state index in [1.807, 2.05) is 25.1 Å². The standard InChI is InChI=1S/C19H17ClN2O3S/c1-11-3-4-14-16(7-11)26-19(21-14)22-17(23)10-12-8-13(20)18-15(9-12)24-5-2-6-25-18/h3-4,7-9H,2,5-6,10H2,1H3,(H,21,22,23). The second-order valence-electron chi connectivity index (χ2n) is 6.17. The summed E-state index contributed by atoms with van der Waals surface area (Å²) in [5.41, 5.74) is 2.82. The van der Waals surface area contributed by atoms with Crippen molar-refractivity contribution in [1.29, 1.82) is 0 Å². The van der Waals surface area contributed by atoms with Gasteiger partial charge in [-0.3, -0.25) is 4.79 Å². The Morgan fingerprint density at radius 2 is 2.12 bits per heavy atom. The van der Waals surface area contributed by atoms with Crippen LogP contribution in [0.25, 0.3) is 10.2 Å². The Labute approximate surface area is 159 Å². The Kier molecular flexibility index (Phi) is 4.70. The Balaban J connectivity index is 1.50. The minimum Gasteiger partial charge on any atom is -0.489 e. The van der Waals surface area contributed by atoms with E-state index in [4.69, 9.17) is 21.1 Å². The zero-order chi connectivity index (χ0) is 18.1. The van der Waals surface area contributed by atoms with Gasteiger partial charge in [0, 0.05) is 6.42 Å². The summed E-state index contributed by atoms with van der Waals surface area (Å²) < 4.78 is 12.3. The lowest BCUT2D eigenvalue weighted by Gasteiger charge is -2.11. The summed E-state index contributed by atoms with van der Waals surface area (Å²) in [6, 6.07) is 9.59. The number of aryl methyl sites for hydroxylation is 1. The maximum Gasteiger partial charge on any atom is 0.230 e. The van der Waals surface area contributed by atoms with E-state index in [2.05, 4.69) is 16.4 Å². The number of carbonyl (C=O) groups excluding carboxylic acids is 1. The van der Waals surface area contributed by atoms with Crippen LogP contribution in [0.5, 0.6) is 11.5 Å². The van der Waals surface area contributed by atoms with Crippen molar-refractivity contribution in [3.63, 3.8) is 0 Å². The van der Waals surface area contributed by atoms with Crippen molar-refractivity contribution in [3.05, 3.63) is 46.5 Å². The van der Waals surface area contributed by atoms with Gasteiger partial charge in [0.05, 0.1) is 34.9 Å². The number of amides is 1. The van der Waals surface area contributed by atoms with Crippen LogP contribution in [0.2, 0.25) is 5.02 Å². The summed E-state index contributed by atoms with van der Waals surface area (Å²) in [7, 11) is 0. The number of benzene rings is 2. The average Bonchev–Trinajstić information content (AvgIpc) is 2.81. The van der Waals surface area contributed by atoms with Gasteiger partial charge in [-0.1, -0.05) is 29.0 Å². The molecule has 1 aliphatic rings. The molecule has 0 aliphatic carbocycles. The van der Waals surface area contributed by atoms with E-state index in [1.165, 1.54) is 16.9 Å². The highest BCUT2D eigenvalue weighted by atomic mass is 35.5. The first-order valence-corrected chi connectivity index (χ1v) is 9.53. The maximum absolute atomic E-state index is 12.4. The monoisotopic (exact) mass is 388 g/mol. The van der Waals surface area contributed by atoms with E-state index in [-0.39, 0.29) is 12.3 Å². The number of halogens is 1. The number of nitrogens with zero attached hydrogens (tertiary/aromatic N) is 1. The topological polar surface area (TPSA) is 60.5 Å². The number of hydrogen-bond donors (Lipinski definition) is 1. The largest absolute Gasteiger partial charge is 0.489 e. The number of aromatic nitrogens is 1. The highest BCUT2D eigenvalue weighted by Crippen LogP contribution is 2.38. The van der Waals surface area contributed by atoms with Crippen molar-refractivity contribution in [3.8, 4) is 11.5 Å². The third kappa shape index (κ3) is 3.61. The predicted molar refractivity (Wildman–Crippen MR) is 104 cm³/mol. The van der Waals surface area contributed by atoms with Gasteiger partial charge >= 0.3 is 0 Å². The molecule has 1 amide bonds. The second kappa shape index (κ2) is 7.13. The summed E-state index contributed by atoms with van der Waals surface area (Å²) in [4.78, 5) is 16.9. The van der Waals surface area contributed by atoms with Crippen LogP contribution in [-0.2, 0) is 11.2 Å². The van der Waals surface area contributed by atoms with Gasteiger partial charge in [-0.05, 0) is 42.3 Å². The van der Waals surface area contributed by atoms with Crippen molar-refractivity contribution in [1.82, 2.24) is 4.98 Å². The molecule has 0 bridgehead atoms. The quantitative estimate of drug-likeness (QED) is 0.712. The summed E-state index contributed by atoms with van der Waals surface area (Å²) in [5, 5.41) is 3.92. The molecule has 0 spiro atoms. The molecule has 0 saturated heterocycles. The SMILES string of the molecule is Cc1ccc2nc(NC(=O)Cc3cc(Cl)c4c(c3)OCCCO4)sc2c1. The van der Waals surface area contributed by atoms with Gasteiger partial charge in [0.25, 0.3) is 0 Å². The van der Waals surface area contributed by atoms with E-state index in [9.17, 15) is 4.79 Å². The summed E-state index contributed by atoms with van der Waals surface area (Å²) in [5.74, 6) is 0.995. The first-order chi connectivity index (χ1) is 12.6. The predicted octanol–water partition coefficient (Wildman–Crippen LogP) is 4.60. The Morgan fingerprint density at radius 3 is 3.00 bits per heavy atom. The van der Waals surface area contributed by atoms with Crippen LogP contribution in [-0.4, -0.2) is 24.1 Å². The zero-order valence-corrected chi connectivity index (χ0v) is 15.7. The van der Waals surface area contributed by atoms with E-state index < -0.39 is 0 Å². The van der Waals surface area contributed by atoms with Gasteiger partial charge in [0.15, 0.2) is 16.6 Å². The molecule has 4 rings (SSSR count). The van der Waals surface area contributed by atoms with Crippen LogP contribution in [0.3, 0.4) is 0 Å². The molecule has 7 heteroatoms. The first-order valence-electron chi connectivity index (χ1n) is 8.33. The van der Waals surface area contributed by atoms with Gasteiger partial charge in [-0.25, -0.2) is 4.98 Å². The Bertz CT molecular complexity index is 986. The lowest BCUT2D eigenvalue weighted by atomic mass is 10.1. The molecule has 0 radical (unpaired) electrons. The lowest BCUT2D eigenvalue weighted by Crippen LogP contribution is -2.14. The van der Waals surface area contributed by atoms with Crippen LogP contribution in [0.15, 0.2) is 30.3 Å². The second-order valence-corrected chi connectivity index (χ2v) is 7.61. The number of fused-ring (bicyclic) bond motifs is 2. The number of hydrogen-bond acceptors (Lipinski definition) is 5. The smallest absolute Gasteiger partial charge is 0.230 e. The fraction of sp³-hybridized carbons (Fsp3) is 0.263. The normalized spacial score (nSPS) is 13.5. The molecule has 3 aromatic rings. The van der Waals surface area contributed by atoms with Crippen LogP contribution in [0.4, 0.5) is 5.13 Å². The summed E-state index contributed by atoms with van der Waals surface area (Å²) in [6.45, 7) is 3.18. The molecule has 2 aromatic carbocycles. The average molecular weight is 389 g/mol. The fourth-order valence-corrected chi connectivity index (χ4v) is 4.09. The highest BCUT2D eigenvalue weighted by Gasteiger charge is 2.17. The van der Waals surface area contributed by atoms with Gasteiger partial charge in [0.2, 0.25) is 5.91 Å². The lowest BCUT2D eigenvalue weighted by molar-refractivity contribution is -0.115. The molecule has 134 valence electrons. The number of ether oxygens (including phenoxy) is 2. The van der Waals surface area contributed by atoms with E-state index in [0.717, 1.165) is 22.2 Å². The molecule has 1 aliphatic heterocycles. The first kappa shape index (κ1) is 17.1. The molecule has 0 unspecified atom stereocenters. The molecular weight excluding hydrogens is 372 g/mol. The van der Waals surface area contributed by atoms with Gasteiger partial charge in [-0.2, -0.15) is 0 Å². The molecule has 1 N–H and O–H groups in total. The van der Waals surface area contributed by atoms with Crippen molar-refractivity contribution in [2.24, 2.45) is 0 Å². The zero-order valence-electron chi connectivity index (χ0n) is 14.2. The van der Waals surface area contributed by atoms with E-state index in [0.29, 0.717) is 34.9 Å². The van der Waals surface area contributed by atoms with Gasteiger partial charge < -0.3 is 14.8 Å². The molecule has 1 aromatic heterocycles. The van der Waals surface area contributed by atoms with Gasteiger partial charge in [-0.15, -0.1) is 0 Å². The van der Waals surface area contributed by atoms with Crippen molar-refractivity contribution in [2.45, 2.75) is 19.8 Å². The molecule has 5 nitrogen and oxygen atoms in total. The van der Waals surface area contributed by atoms with Crippen LogP contribution in [0, 0.1) is 6.92 Å². The van der Waals surface area contributed by atoms with Crippen LogP contribution >= 0.6 is 22.9 Å². The van der Waals surface area contributed by atoms with Crippen molar-refractivity contribution in [2.75, 3.05) is 18.5 Å². The number of nitrogens with one attached hydrogen (secondary N) is 1. The maximum atomic E-state index is 12.4. The van der Waals surface area contributed by atoms with Crippen molar-refractivity contribution < 1.29 is 14.3 Å². The summed E-state index contributed by atoms with van der Waals surface area (Å²) in [6.07, 6.45) is 0.989. The molecular formula is C19H17ClN2O3S. The molecule has 26 heavy (non-hydrogen) atoms. The molecule has 0 atom stereocenters. The minimum atomic E-state index is -0.147. The highest BCUT2D eigenvalue weighted by molar-refractivity contribution is 7.22. The Morgan fingerprint density at radius 1 is 1.27 bits per heavy atom. The Hall–Kier alpha value is -2.31. The number of rotatable bonds is 3. The number of carbonyl (C=O) groups is 1. The van der Waals surface area contributed by atoms with Crippen LogP contribution in [0.1, 0.15) is 17.5 Å². The van der Waals surface area contributed by atoms with E-state index >= 15 is 0 Å². The molecule has 0 saturated carbocycles. The van der Waals surface area contributed by atoms with Crippen LogP contribution < -0.4 is 14.8 Å². The fourth-order valence-electron chi connectivity index (χ4n) is 2.82. The number of anilines is 1. The minimum absolute atomic E-state index is 0.147.